The van der Waals surface area contributed by atoms with Crippen LogP contribution in [-0.4, -0.2) is 26.9 Å². The van der Waals surface area contributed by atoms with Crippen molar-refractivity contribution in [1.82, 2.24) is 9.88 Å². The third kappa shape index (κ3) is 5.28. The number of likely N-dealkylation sites (tertiary alicyclic amines) is 1. The third-order valence-corrected chi connectivity index (χ3v) is 7.59. The molecule has 0 spiro atoms. The predicted octanol–water partition coefficient (Wildman–Crippen LogP) is 7.39. The monoisotopic (exact) mass is 524 g/mol. The lowest BCUT2D eigenvalue weighted by Crippen LogP contribution is -2.53. The molecule has 1 aliphatic heterocycles. The lowest BCUT2D eigenvalue weighted by atomic mass is 9.67. The first-order valence-corrected chi connectivity index (χ1v) is 12.9. The summed E-state index contributed by atoms with van der Waals surface area (Å²) in [6.45, 7) is 5.72. The molecule has 2 heterocycles. The first-order valence-electron chi connectivity index (χ1n) is 12.1. The van der Waals surface area contributed by atoms with Gasteiger partial charge in [0, 0.05) is 21.7 Å². The Morgan fingerprint density at radius 3 is 2.39 bits per heavy atom. The lowest BCUT2D eigenvalue weighted by Gasteiger charge is -2.51. The van der Waals surface area contributed by atoms with Gasteiger partial charge < -0.3 is 10.0 Å². The zero-order valence-electron chi connectivity index (χ0n) is 20.6. The number of halogens is 2. The van der Waals surface area contributed by atoms with Crippen LogP contribution in [0.3, 0.4) is 0 Å². The molecule has 0 radical (unpaired) electrons. The van der Waals surface area contributed by atoms with Crippen molar-refractivity contribution >= 4 is 35.1 Å². The van der Waals surface area contributed by atoms with Crippen molar-refractivity contribution in [3.8, 4) is 0 Å². The molecule has 0 bridgehead atoms. The molecular formula is C29H30Cl2N2O3. The number of benzene rings is 2. The van der Waals surface area contributed by atoms with Gasteiger partial charge in [-0.3, -0.25) is 14.6 Å². The first-order chi connectivity index (χ1) is 17.1. The number of carboxylic acid groups (broad SMARTS) is 1. The second-order valence-electron chi connectivity index (χ2n) is 9.83. The van der Waals surface area contributed by atoms with Crippen LogP contribution in [-0.2, 0) is 9.59 Å². The van der Waals surface area contributed by atoms with Crippen LogP contribution in [0.15, 0.2) is 66.7 Å². The minimum atomic E-state index is -1.10. The minimum absolute atomic E-state index is 0.182. The minimum Gasteiger partial charge on any atom is -0.481 e. The average molecular weight is 525 g/mol. The molecule has 3 aromatic rings. The molecular weight excluding hydrogens is 495 g/mol. The number of aryl methyl sites for hydroxylation is 1. The summed E-state index contributed by atoms with van der Waals surface area (Å²) in [5.41, 5.74) is 2.44. The van der Waals surface area contributed by atoms with Crippen LogP contribution in [0.4, 0.5) is 0 Å². The molecule has 1 amide bonds. The molecule has 4 rings (SSSR count). The third-order valence-electron chi connectivity index (χ3n) is 7.11. The number of aliphatic carboxylic acids is 1. The SMILES string of the molecule is CC[C@H](c1cccc(C)n1)N1C(=O)[C@](C)(CC(=O)O)C[C@H](c2cccc(Cl)c2)[C@H]1c1ccc(Cl)cc1. The van der Waals surface area contributed by atoms with Crippen LogP contribution >= 0.6 is 23.2 Å². The van der Waals surface area contributed by atoms with Crippen LogP contribution in [0, 0.1) is 12.3 Å². The largest absolute Gasteiger partial charge is 0.481 e. The number of carbonyl (C=O) groups excluding carboxylic acids is 1. The number of carbonyl (C=O) groups is 2. The van der Waals surface area contributed by atoms with E-state index >= 15 is 0 Å². The van der Waals surface area contributed by atoms with Crippen LogP contribution in [0.1, 0.15) is 73.6 Å². The Labute approximate surface area is 222 Å². The Bertz CT molecular complexity index is 1260. The van der Waals surface area contributed by atoms with Crippen molar-refractivity contribution in [1.29, 1.82) is 0 Å². The van der Waals surface area contributed by atoms with Gasteiger partial charge in [-0.2, -0.15) is 0 Å². The van der Waals surface area contributed by atoms with E-state index in [1.165, 1.54) is 0 Å². The van der Waals surface area contributed by atoms with Gasteiger partial charge >= 0.3 is 5.97 Å². The molecule has 1 N–H and O–H groups in total. The summed E-state index contributed by atoms with van der Waals surface area (Å²) in [5.74, 6) is -1.37. The summed E-state index contributed by atoms with van der Waals surface area (Å²) in [6.07, 6.45) is 0.738. The summed E-state index contributed by atoms with van der Waals surface area (Å²) in [5, 5.41) is 11.0. The van der Waals surface area contributed by atoms with E-state index in [1.807, 2.05) is 85.5 Å². The fourth-order valence-corrected chi connectivity index (χ4v) is 5.85. The number of piperidine rings is 1. The molecule has 1 aliphatic rings. The molecule has 1 saturated heterocycles. The number of rotatable bonds is 7. The van der Waals surface area contributed by atoms with Crippen molar-refractivity contribution in [2.75, 3.05) is 0 Å². The quantitative estimate of drug-likeness (QED) is 0.349. The number of amides is 1. The number of carboxylic acids is 1. The average Bonchev–Trinajstić information content (AvgIpc) is 2.82. The van der Waals surface area contributed by atoms with Crippen molar-refractivity contribution in [2.24, 2.45) is 5.41 Å². The van der Waals surface area contributed by atoms with Gasteiger partial charge in [-0.1, -0.05) is 67.4 Å². The number of hydrogen-bond acceptors (Lipinski definition) is 3. The van der Waals surface area contributed by atoms with E-state index in [9.17, 15) is 14.7 Å². The molecule has 4 atom stereocenters. The van der Waals surface area contributed by atoms with Crippen molar-refractivity contribution in [2.45, 2.75) is 58.0 Å². The van der Waals surface area contributed by atoms with Crippen LogP contribution in [0.5, 0.6) is 0 Å². The Kier molecular flexibility index (Phi) is 7.72. The van der Waals surface area contributed by atoms with Gasteiger partial charge in [-0.05, 0) is 67.3 Å². The molecule has 2 aromatic carbocycles. The Hall–Kier alpha value is -2.89. The van der Waals surface area contributed by atoms with E-state index in [0.29, 0.717) is 22.9 Å². The van der Waals surface area contributed by atoms with Gasteiger partial charge in [0.1, 0.15) is 0 Å². The Morgan fingerprint density at radius 2 is 1.78 bits per heavy atom. The normalized spacial score (nSPS) is 22.9. The van der Waals surface area contributed by atoms with E-state index in [2.05, 4.69) is 0 Å². The van der Waals surface area contributed by atoms with E-state index in [-0.39, 0.29) is 30.3 Å². The Morgan fingerprint density at radius 1 is 1.08 bits per heavy atom. The standard InChI is InChI=1S/C29H30Cl2N2O3/c1-4-25(24-10-5-7-18(2)32-24)33-27(19-11-13-21(30)14-12-19)23(20-8-6-9-22(31)15-20)16-29(3,28(33)36)17-26(34)35/h5-15,23,25,27H,4,16-17H2,1-3H3,(H,34,35)/t23-,25-,27-,29+/m1/s1. The van der Waals surface area contributed by atoms with E-state index in [1.54, 1.807) is 6.92 Å². The van der Waals surface area contributed by atoms with E-state index in [4.69, 9.17) is 28.2 Å². The van der Waals surface area contributed by atoms with Gasteiger partial charge in [0.15, 0.2) is 0 Å². The number of hydrogen-bond donors (Lipinski definition) is 1. The van der Waals surface area contributed by atoms with Crippen LogP contribution in [0.2, 0.25) is 10.0 Å². The second kappa shape index (κ2) is 10.6. The van der Waals surface area contributed by atoms with Gasteiger partial charge in [0.25, 0.3) is 0 Å². The highest BCUT2D eigenvalue weighted by atomic mass is 35.5. The zero-order chi connectivity index (χ0) is 26.0. The highest BCUT2D eigenvalue weighted by molar-refractivity contribution is 6.30. The number of nitrogens with zero attached hydrogens (tertiary/aromatic N) is 2. The smallest absolute Gasteiger partial charge is 0.304 e. The summed E-state index contributed by atoms with van der Waals surface area (Å²) >= 11 is 12.6. The molecule has 0 aliphatic carbocycles. The van der Waals surface area contributed by atoms with E-state index < -0.39 is 11.4 Å². The van der Waals surface area contributed by atoms with Crippen LogP contribution < -0.4 is 0 Å². The van der Waals surface area contributed by atoms with Crippen LogP contribution in [0.25, 0.3) is 0 Å². The van der Waals surface area contributed by atoms with Crippen molar-refractivity contribution < 1.29 is 14.7 Å². The molecule has 1 fully saturated rings. The maximum atomic E-state index is 14.3. The molecule has 1 aromatic heterocycles. The van der Waals surface area contributed by atoms with Crippen molar-refractivity contribution in [3.63, 3.8) is 0 Å². The maximum Gasteiger partial charge on any atom is 0.304 e. The first kappa shape index (κ1) is 26.2. The number of pyridine rings is 1. The molecule has 7 heteroatoms. The summed E-state index contributed by atoms with van der Waals surface area (Å²) in [6, 6.07) is 20.3. The fourth-order valence-electron chi connectivity index (χ4n) is 5.52. The molecule has 188 valence electrons. The maximum absolute atomic E-state index is 14.3. The topological polar surface area (TPSA) is 70.5 Å². The highest BCUT2D eigenvalue weighted by Crippen LogP contribution is 2.54. The van der Waals surface area contributed by atoms with Crippen molar-refractivity contribution in [3.05, 3.63) is 99.3 Å². The number of aromatic nitrogens is 1. The second-order valence-corrected chi connectivity index (χ2v) is 10.7. The van der Waals surface area contributed by atoms with E-state index in [0.717, 1.165) is 22.5 Å². The molecule has 0 unspecified atom stereocenters. The summed E-state index contributed by atoms with van der Waals surface area (Å²) in [4.78, 5) is 32.9. The predicted molar refractivity (Wildman–Crippen MR) is 142 cm³/mol. The Balaban J connectivity index is 1.96. The van der Waals surface area contributed by atoms with Gasteiger partial charge in [0.2, 0.25) is 5.91 Å². The molecule has 36 heavy (non-hydrogen) atoms. The van der Waals surface area contributed by atoms with Gasteiger partial charge in [0.05, 0.1) is 29.6 Å². The lowest BCUT2D eigenvalue weighted by molar-refractivity contribution is -0.161. The molecule has 0 saturated carbocycles. The van der Waals surface area contributed by atoms with Gasteiger partial charge in [-0.15, -0.1) is 0 Å². The zero-order valence-corrected chi connectivity index (χ0v) is 22.1. The highest BCUT2D eigenvalue weighted by Gasteiger charge is 2.52. The molecule has 5 nitrogen and oxygen atoms in total. The summed E-state index contributed by atoms with van der Waals surface area (Å²) < 4.78 is 0. The van der Waals surface area contributed by atoms with Gasteiger partial charge in [-0.25, -0.2) is 0 Å². The summed E-state index contributed by atoms with van der Waals surface area (Å²) in [7, 11) is 0. The fraction of sp³-hybridized carbons (Fsp3) is 0.345.